The van der Waals surface area contributed by atoms with Crippen LogP contribution in [0, 0.1) is 0 Å². The van der Waals surface area contributed by atoms with Crippen LogP contribution in [0.5, 0.6) is 0 Å². The number of nitrogens with one attached hydrogen (secondary N) is 1. The fraction of sp³-hybridized carbons (Fsp3) is 0.636. The van der Waals surface area contributed by atoms with Gasteiger partial charge in [-0.3, -0.25) is 4.90 Å². The molecule has 0 radical (unpaired) electrons. The van der Waals surface area contributed by atoms with E-state index in [2.05, 4.69) is 55.1 Å². The first-order chi connectivity index (χ1) is 7.72. The lowest BCUT2D eigenvalue weighted by Crippen LogP contribution is -2.44. The smallest absolute Gasteiger partial charge is 0.0843 e. The minimum atomic E-state index is 0.578. The molecule has 5 heteroatoms. The summed E-state index contributed by atoms with van der Waals surface area (Å²) in [5, 5.41) is 3.40. The summed E-state index contributed by atoms with van der Waals surface area (Å²) in [4.78, 5) is 4.05. The first-order valence-electron chi connectivity index (χ1n) is 5.62. The van der Waals surface area contributed by atoms with Crippen LogP contribution in [0.4, 0.5) is 0 Å². The van der Waals surface area contributed by atoms with Gasteiger partial charge in [0, 0.05) is 41.6 Å². The van der Waals surface area contributed by atoms with E-state index in [-0.39, 0.29) is 0 Å². The second-order valence-electron chi connectivity index (χ2n) is 3.98. The number of halogens is 2. The molecular weight excluding hydrogens is 352 g/mol. The van der Waals surface area contributed by atoms with E-state index >= 15 is 0 Å². The highest BCUT2D eigenvalue weighted by molar-refractivity contribution is 9.13. The summed E-state index contributed by atoms with van der Waals surface area (Å²) >= 11 is 9.00. The molecule has 0 unspecified atom stereocenters. The number of hydrogen-bond acceptors (Lipinski definition) is 3. The number of nitrogens with zero attached hydrogens (tertiary/aromatic N) is 1. The van der Waals surface area contributed by atoms with Crippen molar-refractivity contribution in [1.82, 2.24) is 10.2 Å². The molecule has 16 heavy (non-hydrogen) atoms. The summed E-state index contributed by atoms with van der Waals surface area (Å²) in [6, 6.07) is 2.83. The molecule has 1 aliphatic heterocycles. The van der Waals surface area contributed by atoms with E-state index in [0.29, 0.717) is 6.04 Å². The van der Waals surface area contributed by atoms with Gasteiger partial charge in [0.2, 0.25) is 0 Å². The molecule has 0 aromatic carbocycles. The minimum absolute atomic E-state index is 0.578. The Balaban J connectivity index is 2.14. The largest absolute Gasteiger partial charge is 0.314 e. The van der Waals surface area contributed by atoms with Crippen LogP contribution in [0.25, 0.3) is 0 Å². The Morgan fingerprint density at radius 2 is 2.12 bits per heavy atom. The van der Waals surface area contributed by atoms with Crippen LogP contribution in [0.3, 0.4) is 0 Å². The minimum Gasteiger partial charge on any atom is -0.314 e. The van der Waals surface area contributed by atoms with Crippen molar-refractivity contribution in [3.8, 4) is 0 Å². The molecule has 2 rings (SSSR count). The van der Waals surface area contributed by atoms with Gasteiger partial charge >= 0.3 is 0 Å². The second-order valence-corrected chi connectivity index (χ2v) is 7.24. The molecule has 2 nitrogen and oxygen atoms in total. The Hall–Kier alpha value is 0.580. The molecule has 1 aliphatic rings. The van der Waals surface area contributed by atoms with Gasteiger partial charge in [-0.15, -0.1) is 11.3 Å². The number of hydrogen-bond donors (Lipinski definition) is 1. The van der Waals surface area contributed by atoms with Gasteiger partial charge < -0.3 is 5.32 Å². The van der Waals surface area contributed by atoms with Crippen LogP contribution >= 0.6 is 43.2 Å². The molecule has 1 aromatic heterocycles. The predicted octanol–water partition coefficient (Wildman–Crippen LogP) is 3.63. The molecule has 90 valence electrons. The average Bonchev–Trinajstić information content (AvgIpc) is 2.61. The zero-order chi connectivity index (χ0) is 11.5. The van der Waals surface area contributed by atoms with Crippen LogP contribution in [0.15, 0.2) is 14.3 Å². The van der Waals surface area contributed by atoms with Crippen LogP contribution in [0.2, 0.25) is 0 Å². The van der Waals surface area contributed by atoms with E-state index in [1.165, 1.54) is 19.6 Å². The van der Waals surface area contributed by atoms with Gasteiger partial charge in [-0.05, 0) is 44.3 Å². The maximum Gasteiger partial charge on any atom is 0.0843 e. The van der Waals surface area contributed by atoms with Gasteiger partial charge in [0.15, 0.2) is 0 Å². The van der Waals surface area contributed by atoms with Crippen molar-refractivity contribution in [3.63, 3.8) is 0 Å². The first-order valence-corrected chi connectivity index (χ1v) is 8.02. The van der Waals surface area contributed by atoms with E-state index in [4.69, 9.17) is 0 Å². The van der Waals surface area contributed by atoms with Gasteiger partial charge in [0.1, 0.15) is 0 Å². The highest BCUT2D eigenvalue weighted by Gasteiger charge is 2.22. The summed E-state index contributed by atoms with van der Waals surface area (Å²) in [6.07, 6.45) is 1.18. The zero-order valence-corrected chi connectivity index (χ0v) is 13.3. The molecule has 1 aromatic rings. The first kappa shape index (κ1) is 13.0. The van der Waals surface area contributed by atoms with Gasteiger partial charge in [-0.2, -0.15) is 0 Å². The van der Waals surface area contributed by atoms with Crippen molar-refractivity contribution >= 4 is 43.2 Å². The van der Waals surface area contributed by atoms with Gasteiger partial charge in [-0.25, -0.2) is 0 Å². The van der Waals surface area contributed by atoms with Crippen molar-refractivity contribution in [2.24, 2.45) is 0 Å². The number of thiophene rings is 1. The predicted molar refractivity (Wildman–Crippen MR) is 77.2 cm³/mol. The number of rotatable bonds is 3. The molecule has 1 atom stereocenters. The molecule has 0 spiro atoms. The van der Waals surface area contributed by atoms with Crippen molar-refractivity contribution < 1.29 is 0 Å². The standard InChI is InChI=1S/C11H16Br2N2S/c1-2-9(15-5-3-14-4-6-15)10-7-8(12)11(13)16-10/h7,9,14H,2-6H2,1H3/t9-/m0/s1. The van der Waals surface area contributed by atoms with Crippen LogP contribution < -0.4 is 5.32 Å². The summed E-state index contributed by atoms with van der Waals surface area (Å²) < 4.78 is 2.39. The Morgan fingerprint density at radius 1 is 1.44 bits per heavy atom. The van der Waals surface area contributed by atoms with Crippen molar-refractivity contribution in [3.05, 3.63) is 19.2 Å². The lowest BCUT2D eigenvalue weighted by Gasteiger charge is -2.33. The van der Waals surface area contributed by atoms with E-state index in [1.807, 2.05) is 11.3 Å². The molecule has 1 N–H and O–H groups in total. The highest BCUT2D eigenvalue weighted by atomic mass is 79.9. The number of piperazine rings is 1. The summed E-state index contributed by atoms with van der Waals surface area (Å²) in [5.74, 6) is 0. The van der Waals surface area contributed by atoms with Crippen molar-refractivity contribution in [1.29, 1.82) is 0 Å². The molecule has 0 bridgehead atoms. The molecular formula is C11H16Br2N2S. The SMILES string of the molecule is CC[C@@H](c1cc(Br)c(Br)s1)N1CCNCC1. The normalized spacial score (nSPS) is 19.9. The molecule has 0 aliphatic carbocycles. The van der Waals surface area contributed by atoms with E-state index in [0.717, 1.165) is 26.2 Å². The van der Waals surface area contributed by atoms with Crippen LogP contribution in [0.1, 0.15) is 24.3 Å². The summed E-state index contributed by atoms with van der Waals surface area (Å²) in [5.41, 5.74) is 0. The summed E-state index contributed by atoms with van der Waals surface area (Å²) in [7, 11) is 0. The molecule has 0 saturated carbocycles. The maximum absolute atomic E-state index is 3.58. The Labute approximate surface area is 118 Å². The van der Waals surface area contributed by atoms with E-state index < -0.39 is 0 Å². The topological polar surface area (TPSA) is 15.3 Å². The highest BCUT2D eigenvalue weighted by Crippen LogP contribution is 2.38. The maximum atomic E-state index is 3.58. The second kappa shape index (κ2) is 5.96. The van der Waals surface area contributed by atoms with E-state index in [9.17, 15) is 0 Å². The van der Waals surface area contributed by atoms with Crippen LogP contribution in [-0.4, -0.2) is 31.1 Å². The van der Waals surface area contributed by atoms with Crippen molar-refractivity contribution in [2.75, 3.05) is 26.2 Å². The monoisotopic (exact) mass is 366 g/mol. The van der Waals surface area contributed by atoms with Gasteiger partial charge in [0.25, 0.3) is 0 Å². The van der Waals surface area contributed by atoms with E-state index in [1.54, 1.807) is 0 Å². The molecule has 1 saturated heterocycles. The Bertz CT molecular complexity index is 328. The third-order valence-electron chi connectivity index (χ3n) is 2.97. The summed E-state index contributed by atoms with van der Waals surface area (Å²) in [6.45, 7) is 6.82. The molecule has 1 fully saturated rings. The third kappa shape index (κ3) is 2.88. The Kier molecular flexibility index (Phi) is 4.85. The molecule has 0 amide bonds. The zero-order valence-electron chi connectivity index (χ0n) is 9.30. The lowest BCUT2D eigenvalue weighted by molar-refractivity contribution is 0.172. The third-order valence-corrected chi connectivity index (χ3v) is 6.33. The fourth-order valence-electron chi connectivity index (χ4n) is 2.16. The van der Waals surface area contributed by atoms with Crippen LogP contribution in [-0.2, 0) is 0 Å². The van der Waals surface area contributed by atoms with Gasteiger partial charge in [-0.1, -0.05) is 6.92 Å². The van der Waals surface area contributed by atoms with Crippen molar-refractivity contribution in [2.45, 2.75) is 19.4 Å². The van der Waals surface area contributed by atoms with Gasteiger partial charge in [0.05, 0.1) is 3.79 Å². The average molecular weight is 368 g/mol. The fourth-order valence-corrected chi connectivity index (χ4v) is 4.47. The molecule has 2 heterocycles. The Morgan fingerprint density at radius 3 is 2.62 bits per heavy atom. The quantitative estimate of drug-likeness (QED) is 0.877. The lowest BCUT2D eigenvalue weighted by atomic mass is 10.1.